The van der Waals surface area contributed by atoms with Crippen LogP contribution < -0.4 is 0 Å². The van der Waals surface area contributed by atoms with Crippen molar-refractivity contribution < 1.29 is 19.3 Å². The zero-order valence-electron chi connectivity index (χ0n) is 6.61. The summed E-state index contributed by atoms with van der Waals surface area (Å²) in [5.41, 5.74) is 0. The van der Waals surface area contributed by atoms with Gasteiger partial charge in [-0.25, -0.2) is 0 Å². The van der Waals surface area contributed by atoms with Crippen LogP contribution in [0.15, 0.2) is 10.2 Å². The van der Waals surface area contributed by atoms with Crippen LogP contribution in [0.5, 0.6) is 0 Å². The molecule has 4 fully saturated rings. The molecule has 4 heterocycles. The fourth-order valence-electron chi connectivity index (χ4n) is 2.55. The molecule has 5 rings (SSSR count). The summed E-state index contributed by atoms with van der Waals surface area (Å²) in [6.07, 6.45) is -1.22. The molecule has 0 radical (unpaired) electrons. The van der Waals surface area contributed by atoms with Crippen LogP contribution in [0, 0.1) is 0 Å². The average molecular weight is 184 g/mol. The summed E-state index contributed by atoms with van der Waals surface area (Å²) in [6, 6.07) is -0.257. The summed E-state index contributed by atoms with van der Waals surface area (Å²) in [5, 5.41) is 17.9. The number of ether oxygens (including phenoxy) is 3. The molecule has 70 valence electrons. The molecule has 0 aromatic rings. The predicted molar refractivity (Wildman–Crippen MR) is 36.8 cm³/mol. The van der Waals surface area contributed by atoms with E-state index in [1.807, 2.05) is 0 Å². The first-order valence-corrected chi connectivity index (χ1v) is 4.39. The Bertz CT molecular complexity index is 272. The van der Waals surface area contributed by atoms with Crippen LogP contribution in [-0.2, 0) is 14.2 Å². The minimum Gasteiger partial charge on any atom is -0.388 e. The molecule has 3 unspecified atom stereocenters. The standard InChI is InChI=1S/C7H8N2O4/c10-3-5-1-4-2(9-8-1)6(3)13-7(11-4)12-5/h1-7,10H/t1-,2-,3?,4?,5-,6+,7?/m1/s1. The molecule has 6 nitrogen and oxygen atoms in total. The van der Waals surface area contributed by atoms with Gasteiger partial charge in [-0.05, 0) is 0 Å². The molecule has 1 aliphatic carbocycles. The van der Waals surface area contributed by atoms with E-state index in [2.05, 4.69) is 10.2 Å². The molecule has 5 aliphatic rings. The van der Waals surface area contributed by atoms with E-state index in [9.17, 15) is 5.11 Å². The first-order chi connectivity index (χ1) is 6.34. The fourth-order valence-corrected chi connectivity index (χ4v) is 2.55. The number of hydrogen-bond acceptors (Lipinski definition) is 6. The van der Waals surface area contributed by atoms with E-state index < -0.39 is 12.6 Å². The lowest BCUT2D eigenvalue weighted by atomic mass is 9.81. The number of aliphatic hydroxyl groups is 1. The lowest BCUT2D eigenvalue weighted by Crippen LogP contribution is -2.72. The zero-order valence-corrected chi connectivity index (χ0v) is 6.61. The summed E-state index contributed by atoms with van der Waals surface area (Å²) < 4.78 is 16.0. The van der Waals surface area contributed by atoms with Gasteiger partial charge >= 0.3 is 0 Å². The van der Waals surface area contributed by atoms with Gasteiger partial charge in [-0.2, -0.15) is 10.2 Å². The Morgan fingerprint density at radius 3 is 2.00 bits per heavy atom. The van der Waals surface area contributed by atoms with Crippen molar-refractivity contribution >= 4 is 0 Å². The Balaban J connectivity index is 1.86. The van der Waals surface area contributed by atoms with Crippen molar-refractivity contribution in [1.82, 2.24) is 0 Å². The number of rotatable bonds is 0. The monoisotopic (exact) mass is 184 g/mol. The third kappa shape index (κ3) is 0.623. The van der Waals surface area contributed by atoms with Gasteiger partial charge in [0.1, 0.15) is 36.5 Å². The summed E-state index contributed by atoms with van der Waals surface area (Å²) in [4.78, 5) is 0. The van der Waals surface area contributed by atoms with Crippen molar-refractivity contribution in [1.29, 1.82) is 0 Å². The maximum absolute atomic E-state index is 9.78. The van der Waals surface area contributed by atoms with Gasteiger partial charge < -0.3 is 19.3 Å². The summed E-state index contributed by atoms with van der Waals surface area (Å²) >= 11 is 0. The molecular weight excluding hydrogens is 176 g/mol. The Kier molecular flexibility index (Phi) is 1.01. The van der Waals surface area contributed by atoms with E-state index in [-0.39, 0.29) is 30.4 Å². The average Bonchev–Trinajstić information content (AvgIpc) is 2.53. The van der Waals surface area contributed by atoms with Crippen LogP contribution >= 0.6 is 0 Å². The van der Waals surface area contributed by atoms with Gasteiger partial charge in [-0.3, -0.25) is 0 Å². The van der Waals surface area contributed by atoms with Crippen molar-refractivity contribution in [2.75, 3.05) is 0 Å². The van der Waals surface area contributed by atoms with Crippen molar-refractivity contribution in [2.45, 2.75) is 43.0 Å². The Hall–Kier alpha value is -0.560. The maximum atomic E-state index is 9.78. The van der Waals surface area contributed by atoms with Crippen molar-refractivity contribution in [3.63, 3.8) is 0 Å². The first-order valence-electron chi connectivity index (χ1n) is 4.39. The first kappa shape index (κ1) is 6.83. The number of aliphatic hydroxyl groups excluding tert-OH is 1. The van der Waals surface area contributed by atoms with Gasteiger partial charge in [0.15, 0.2) is 0 Å². The molecule has 3 saturated heterocycles. The second kappa shape index (κ2) is 1.93. The van der Waals surface area contributed by atoms with Crippen LogP contribution in [0.1, 0.15) is 0 Å². The highest BCUT2D eigenvalue weighted by molar-refractivity contribution is 5.13. The highest BCUT2D eigenvalue weighted by atomic mass is 16.9. The van der Waals surface area contributed by atoms with E-state index in [4.69, 9.17) is 14.2 Å². The number of hydrogen-bond donors (Lipinski definition) is 1. The minimum atomic E-state index is -0.612. The SMILES string of the molecule is OC1[C@H]2OC3OC4[C@H]2N=N[C@H]4[C@H]1O3. The van der Waals surface area contributed by atoms with Gasteiger partial charge in [0.25, 0.3) is 6.48 Å². The fraction of sp³-hybridized carbons (Fsp3) is 1.00. The van der Waals surface area contributed by atoms with E-state index >= 15 is 0 Å². The Labute approximate surface area is 73.5 Å². The second-order valence-corrected chi connectivity index (χ2v) is 3.79. The van der Waals surface area contributed by atoms with Gasteiger partial charge in [0.05, 0.1) is 0 Å². The smallest absolute Gasteiger partial charge is 0.272 e. The van der Waals surface area contributed by atoms with Gasteiger partial charge in [0, 0.05) is 0 Å². The van der Waals surface area contributed by atoms with E-state index in [1.165, 1.54) is 0 Å². The highest BCUT2D eigenvalue weighted by Crippen LogP contribution is 2.45. The van der Waals surface area contributed by atoms with Crippen LogP contribution in [-0.4, -0.2) is 48.1 Å². The molecule has 6 bridgehead atoms. The van der Waals surface area contributed by atoms with Crippen molar-refractivity contribution in [3.05, 3.63) is 0 Å². The number of azo groups is 1. The van der Waals surface area contributed by atoms with Crippen LogP contribution in [0.25, 0.3) is 0 Å². The van der Waals surface area contributed by atoms with Gasteiger partial charge in [-0.15, -0.1) is 0 Å². The molecule has 4 aliphatic heterocycles. The van der Waals surface area contributed by atoms with Crippen LogP contribution in [0.4, 0.5) is 0 Å². The lowest BCUT2D eigenvalue weighted by molar-refractivity contribution is -0.446. The third-order valence-corrected chi connectivity index (χ3v) is 3.16. The van der Waals surface area contributed by atoms with Crippen molar-refractivity contribution in [2.24, 2.45) is 10.2 Å². The summed E-state index contributed by atoms with van der Waals surface area (Å²) in [7, 11) is 0. The number of nitrogens with zero attached hydrogens (tertiary/aromatic N) is 2. The normalized spacial score (nSPS) is 66.4. The largest absolute Gasteiger partial charge is 0.388 e. The minimum absolute atomic E-state index is 0.0362. The molecule has 0 aromatic heterocycles. The third-order valence-electron chi connectivity index (χ3n) is 3.16. The van der Waals surface area contributed by atoms with Crippen LogP contribution in [0.2, 0.25) is 0 Å². The highest BCUT2D eigenvalue weighted by Gasteiger charge is 2.64. The molecular formula is C7H8N2O4. The van der Waals surface area contributed by atoms with Gasteiger partial charge in [-0.1, -0.05) is 0 Å². The molecule has 13 heavy (non-hydrogen) atoms. The molecule has 1 N–H and O–H groups in total. The topological polar surface area (TPSA) is 72.6 Å². The quantitative estimate of drug-likeness (QED) is 0.525. The molecule has 0 spiro atoms. The van der Waals surface area contributed by atoms with E-state index in [1.54, 1.807) is 0 Å². The summed E-state index contributed by atoms with van der Waals surface area (Å²) in [6.45, 7) is -0.612. The second-order valence-electron chi connectivity index (χ2n) is 3.79. The zero-order chi connectivity index (χ0) is 8.58. The lowest BCUT2D eigenvalue weighted by Gasteiger charge is -2.52. The predicted octanol–water partition coefficient (Wildman–Crippen LogP) is -0.970. The molecule has 0 aromatic carbocycles. The molecule has 1 saturated carbocycles. The Morgan fingerprint density at radius 1 is 0.846 bits per heavy atom. The van der Waals surface area contributed by atoms with E-state index in [0.29, 0.717) is 0 Å². The van der Waals surface area contributed by atoms with Crippen molar-refractivity contribution in [3.8, 4) is 0 Å². The van der Waals surface area contributed by atoms with E-state index in [0.717, 1.165) is 0 Å². The van der Waals surface area contributed by atoms with Crippen LogP contribution in [0.3, 0.4) is 0 Å². The molecule has 7 atom stereocenters. The summed E-state index contributed by atoms with van der Waals surface area (Å²) in [5.74, 6) is 0. The Morgan fingerprint density at radius 2 is 1.38 bits per heavy atom. The van der Waals surface area contributed by atoms with Gasteiger partial charge in [0.2, 0.25) is 0 Å². The molecule has 6 heteroatoms. The maximum Gasteiger partial charge on any atom is 0.272 e. The molecule has 0 amide bonds.